The molecule has 1 aromatic rings. The van der Waals surface area contributed by atoms with Gasteiger partial charge >= 0.3 is 0 Å². The summed E-state index contributed by atoms with van der Waals surface area (Å²) in [5.74, 6) is 1.18. The molecule has 1 atom stereocenters. The minimum absolute atomic E-state index is 0. The maximum atomic E-state index is 6.01. The van der Waals surface area contributed by atoms with E-state index in [9.17, 15) is 0 Å². The van der Waals surface area contributed by atoms with Crippen LogP contribution in [0.5, 0.6) is 5.75 Å². The maximum Gasteiger partial charge on any atom is 0.193 e. The van der Waals surface area contributed by atoms with Crippen molar-refractivity contribution in [2.45, 2.75) is 19.9 Å². The average molecular weight is 447 g/mol. The van der Waals surface area contributed by atoms with Gasteiger partial charge in [0.25, 0.3) is 0 Å². The Kier molecular flexibility index (Phi) is 9.38. The lowest BCUT2D eigenvalue weighted by molar-refractivity contribution is 0.109. The lowest BCUT2D eigenvalue weighted by Crippen LogP contribution is -2.50. The van der Waals surface area contributed by atoms with Gasteiger partial charge in [0, 0.05) is 32.2 Å². The SMILES string of the molecule is CCN1CCN(C(C)CN=C(N)Nc2ccccc2OC)CC1.I. The van der Waals surface area contributed by atoms with Crippen molar-refractivity contribution >= 4 is 35.6 Å². The van der Waals surface area contributed by atoms with Crippen LogP contribution < -0.4 is 15.8 Å². The van der Waals surface area contributed by atoms with Gasteiger partial charge in [-0.05, 0) is 25.6 Å². The van der Waals surface area contributed by atoms with Gasteiger partial charge < -0.3 is 20.7 Å². The molecule has 0 amide bonds. The van der Waals surface area contributed by atoms with Crippen LogP contribution >= 0.6 is 24.0 Å². The molecule has 0 aliphatic carbocycles. The number of hydrogen-bond donors (Lipinski definition) is 2. The molecule has 0 bridgehead atoms. The molecule has 1 unspecified atom stereocenters. The number of hydrogen-bond acceptors (Lipinski definition) is 4. The summed E-state index contributed by atoms with van der Waals surface area (Å²) < 4.78 is 5.30. The van der Waals surface area contributed by atoms with E-state index in [2.05, 4.69) is 34.0 Å². The molecule has 3 N–H and O–H groups in total. The molecule has 2 rings (SSSR count). The first-order chi connectivity index (χ1) is 11.1. The van der Waals surface area contributed by atoms with Crippen molar-refractivity contribution in [3.8, 4) is 5.75 Å². The second-order valence-electron chi connectivity index (χ2n) is 5.87. The van der Waals surface area contributed by atoms with Crippen LogP contribution in [0.15, 0.2) is 29.3 Å². The zero-order chi connectivity index (χ0) is 16.7. The Hall–Kier alpha value is -1.06. The van der Waals surface area contributed by atoms with Gasteiger partial charge in [-0.3, -0.25) is 9.89 Å². The summed E-state index contributed by atoms with van der Waals surface area (Å²) in [5, 5.41) is 3.11. The molecular weight excluding hydrogens is 417 g/mol. The summed E-state index contributed by atoms with van der Waals surface area (Å²) in [6, 6.07) is 8.08. The number of piperazine rings is 1. The van der Waals surface area contributed by atoms with Gasteiger partial charge in [-0.1, -0.05) is 19.1 Å². The number of guanidine groups is 1. The van der Waals surface area contributed by atoms with Crippen molar-refractivity contribution in [2.24, 2.45) is 10.7 Å². The van der Waals surface area contributed by atoms with Crippen LogP contribution in [-0.2, 0) is 0 Å². The van der Waals surface area contributed by atoms with Crippen molar-refractivity contribution < 1.29 is 4.74 Å². The number of rotatable bonds is 6. The quantitative estimate of drug-likeness (QED) is 0.397. The van der Waals surface area contributed by atoms with Crippen LogP contribution in [0.4, 0.5) is 5.69 Å². The van der Waals surface area contributed by atoms with Crippen molar-refractivity contribution in [3.05, 3.63) is 24.3 Å². The van der Waals surface area contributed by atoms with Gasteiger partial charge in [0.2, 0.25) is 0 Å². The van der Waals surface area contributed by atoms with Crippen molar-refractivity contribution in [1.82, 2.24) is 9.80 Å². The molecule has 1 fully saturated rings. The van der Waals surface area contributed by atoms with Crippen LogP contribution in [0.3, 0.4) is 0 Å². The van der Waals surface area contributed by atoms with Crippen LogP contribution in [0.1, 0.15) is 13.8 Å². The summed E-state index contributed by atoms with van der Waals surface area (Å²) in [5.41, 5.74) is 6.84. The third-order valence-electron chi connectivity index (χ3n) is 4.37. The number of ether oxygens (including phenoxy) is 1. The van der Waals surface area contributed by atoms with E-state index in [0.717, 1.165) is 44.2 Å². The largest absolute Gasteiger partial charge is 0.495 e. The molecule has 1 heterocycles. The fourth-order valence-corrected chi connectivity index (χ4v) is 2.79. The lowest BCUT2D eigenvalue weighted by atomic mass is 10.2. The normalized spacial score (nSPS) is 17.9. The number of nitrogens with one attached hydrogen (secondary N) is 1. The Labute approximate surface area is 162 Å². The van der Waals surface area contributed by atoms with E-state index in [4.69, 9.17) is 10.5 Å². The molecule has 7 heteroatoms. The van der Waals surface area contributed by atoms with E-state index < -0.39 is 0 Å². The molecule has 0 saturated carbocycles. The number of benzene rings is 1. The maximum absolute atomic E-state index is 6.01. The number of aliphatic imine (C=N–C) groups is 1. The van der Waals surface area contributed by atoms with E-state index in [0.29, 0.717) is 18.5 Å². The minimum Gasteiger partial charge on any atom is -0.495 e. The summed E-state index contributed by atoms with van der Waals surface area (Å²) in [4.78, 5) is 9.44. The Balaban J connectivity index is 0.00000288. The zero-order valence-corrected chi connectivity index (χ0v) is 17.2. The highest BCUT2D eigenvalue weighted by Crippen LogP contribution is 2.22. The predicted octanol–water partition coefficient (Wildman–Crippen LogP) is 2.07. The third-order valence-corrected chi connectivity index (χ3v) is 4.37. The van der Waals surface area contributed by atoms with E-state index in [-0.39, 0.29) is 24.0 Å². The molecule has 1 saturated heterocycles. The van der Waals surface area contributed by atoms with Gasteiger partial charge in [-0.25, -0.2) is 0 Å². The molecule has 0 spiro atoms. The van der Waals surface area contributed by atoms with Crippen molar-refractivity contribution in [3.63, 3.8) is 0 Å². The lowest BCUT2D eigenvalue weighted by Gasteiger charge is -2.37. The third kappa shape index (κ3) is 6.10. The fourth-order valence-electron chi connectivity index (χ4n) is 2.79. The van der Waals surface area contributed by atoms with Gasteiger partial charge in [-0.15, -0.1) is 24.0 Å². The molecule has 136 valence electrons. The van der Waals surface area contributed by atoms with Crippen LogP contribution in [-0.4, -0.2) is 68.2 Å². The molecular formula is C17H30IN5O. The van der Waals surface area contributed by atoms with E-state index >= 15 is 0 Å². The molecule has 1 aliphatic rings. The predicted molar refractivity (Wildman–Crippen MR) is 112 cm³/mol. The van der Waals surface area contributed by atoms with Crippen LogP contribution in [0.25, 0.3) is 0 Å². The number of likely N-dealkylation sites (N-methyl/N-ethyl adjacent to an activating group) is 1. The number of nitrogens with two attached hydrogens (primary N) is 1. The Morgan fingerprint density at radius 2 is 1.96 bits per heavy atom. The highest BCUT2D eigenvalue weighted by atomic mass is 127. The van der Waals surface area contributed by atoms with Gasteiger partial charge in [0.15, 0.2) is 5.96 Å². The zero-order valence-electron chi connectivity index (χ0n) is 14.9. The van der Waals surface area contributed by atoms with Gasteiger partial charge in [0.1, 0.15) is 5.75 Å². The summed E-state index contributed by atoms with van der Waals surface area (Å²) in [6.07, 6.45) is 0. The highest BCUT2D eigenvalue weighted by Gasteiger charge is 2.19. The second kappa shape index (κ2) is 10.7. The van der Waals surface area contributed by atoms with E-state index in [1.54, 1.807) is 7.11 Å². The standard InChI is InChI=1S/C17H29N5O.HI/c1-4-21-9-11-22(12-10-21)14(2)13-19-17(18)20-15-7-5-6-8-16(15)23-3;/h5-8,14H,4,9-13H2,1-3H3,(H3,18,19,20);1H. The minimum atomic E-state index is 0. The molecule has 6 nitrogen and oxygen atoms in total. The number of nitrogens with zero attached hydrogens (tertiary/aromatic N) is 3. The summed E-state index contributed by atoms with van der Waals surface area (Å²) >= 11 is 0. The van der Waals surface area contributed by atoms with Crippen LogP contribution in [0, 0.1) is 0 Å². The van der Waals surface area contributed by atoms with E-state index in [1.807, 2.05) is 24.3 Å². The molecule has 1 aliphatic heterocycles. The highest BCUT2D eigenvalue weighted by molar-refractivity contribution is 14.0. The second-order valence-corrected chi connectivity index (χ2v) is 5.87. The smallest absolute Gasteiger partial charge is 0.193 e. The first-order valence-electron chi connectivity index (χ1n) is 8.30. The van der Waals surface area contributed by atoms with Crippen molar-refractivity contribution in [2.75, 3.05) is 51.7 Å². The topological polar surface area (TPSA) is 66.1 Å². The van der Waals surface area contributed by atoms with Crippen molar-refractivity contribution in [1.29, 1.82) is 0 Å². The van der Waals surface area contributed by atoms with Gasteiger partial charge in [-0.2, -0.15) is 0 Å². The fraction of sp³-hybridized carbons (Fsp3) is 0.588. The molecule has 1 aromatic carbocycles. The Morgan fingerprint density at radius 1 is 1.29 bits per heavy atom. The summed E-state index contributed by atoms with van der Waals surface area (Å²) in [6.45, 7) is 10.7. The average Bonchev–Trinajstić information content (AvgIpc) is 2.60. The number of para-hydroxylation sites is 2. The van der Waals surface area contributed by atoms with Gasteiger partial charge in [0.05, 0.1) is 19.3 Å². The number of halogens is 1. The monoisotopic (exact) mass is 447 g/mol. The first-order valence-corrected chi connectivity index (χ1v) is 8.30. The molecule has 0 aromatic heterocycles. The van der Waals surface area contributed by atoms with Crippen LogP contribution in [0.2, 0.25) is 0 Å². The Morgan fingerprint density at radius 3 is 2.58 bits per heavy atom. The summed E-state index contributed by atoms with van der Waals surface area (Å²) in [7, 11) is 1.64. The Bertz CT molecular complexity index is 517. The molecule has 24 heavy (non-hydrogen) atoms. The number of methoxy groups -OCH3 is 1. The molecule has 0 radical (unpaired) electrons. The van der Waals surface area contributed by atoms with E-state index in [1.165, 1.54) is 0 Å². The first kappa shape index (κ1) is 21.0. The number of anilines is 1.